The van der Waals surface area contributed by atoms with Gasteiger partial charge in [-0.25, -0.2) is 18.5 Å². The molecule has 0 spiro atoms. The second-order valence-corrected chi connectivity index (χ2v) is 10.8. The molecule has 1 aromatic heterocycles. The van der Waals surface area contributed by atoms with Crippen molar-refractivity contribution in [3.8, 4) is 0 Å². The fourth-order valence-corrected chi connectivity index (χ4v) is 5.59. The van der Waals surface area contributed by atoms with E-state index in [1.807, 2.05) is 0 Å². The number of nitrogens with two attached hydrogens (primary N) is 1. The van der Waals surface area contributed by atoms with E-state index in [-0.39, 0.29) is 6.42 Å². The Morgan fingerprint density at radius 3 is 2.50 bits per heavy atom. The minimum atomic E-state index is -5.66. The summed E-state index contributed by atoms with van der Waals surface area (Å²) in [5.41, 5.74) is 4.68. The highest BCUT2D eigenvalue weighted by Gasteiger charge is 2.42. The topological polar surface area (TPSA) is 262 Å². The van der Waals surface area contributed by atoms with Gasteiger partial charge in [-0.05, 0) is 19.0 Å². The van der Waals surface area contributed by atoms with Gasteiger partial charge in [-0.3, -0.25) is 9.09 Å². The zero-order chi connectivity index (χ0) is 24.2. The second-order valence-electron chi connectivity index (χ2n) is 6.39. The van der Waals surface area contributed by atoms with Crippen LogP contribution < -0.4 is 16.7 Å². The fraction of sp³-hybridized carbons (Fsp3) is 0.667. The lowest BCUT2D eigenvalue weighted by Gasteiger charge is -2.19. The summed E-state index contributed by atoms with van der Waals surface area (Å²) in [4.78, 5) is 51.6. The highest BCUT2D eigenvalue weighted by molar-refractivity contribution is 7.66. The Hall–Kier alpha value is -1.03. The van der Waals surface area contributed by atoms with E-state index in [1.165, 1.54) is 12.3 Å². The van der Waals surface area contributed by atoms with Crippen LogP contribution in [0.15, 0.2) is 17.1 Å². The summed E-state index contributed by atoms with van der Waals surface area (Å²) in [6, 6.07) is 1.49. The summed E-state index contributed by atoms with van der Waals surface area (Å²) < 4.78 is 51.8. The molecule has 5 atom stereocenters. The van der Waals surface area contributed by atoms with Crippen molar-refractivity contribution in [1.29, 1.82) is 0 Å². The first-order chi connectivity index (χ1) is 14.7. The quantitative estimate of drug-likeness (QED) is 0.128. The number of hydrogen-bond donors (Lipinski definition) is 7. The SMILES string of the molecule is NCCCNc1ccn([C@H]2C[C@H](O)[C@@H](COP(=O)(O)OP(=O)(O)OP(=O)(O)O)O2)c(=O)n1. The minimum Gasteiger partial charge on any atom is -0.390 e. The molecule has 0 saturated carbocycles. The van der Waals surface area contributed by atoms with Gasteiger partial charge in [0.2, 0.25) is 0 Å². The monoisotopic (exact) mass is 524 g/mol. The van der Waals surface area contributed by atoms with Crippen molar-refractivity contribution in [1.82, 2.24) is 9.55 Å². The molecule has 2 unspecified atom stereocenters. The van der Waals surface area contributed by atoms with Crippen LogP contribution >= 0.6 is 23.5 Å². The number of nitrogens with one attached hydrogen (secondary N) is 1. The van der Waals surface area contributed by atoms with Gasteiger partial charge in [0.25, 0.3) is 0 Å². The molecule has 0 amide bonds. The third kappa shape index (κ3) is 8.72. The number of hydrogen-bond acceptors (Lipinski definition) is 12. The number of rotatable bonds is 12. The van der Waals surface area contributed by atoms with E-state index in [1.54, 1.807) is 0 Å². The normalized spacial score (nSPS) is 25.2. The molecule has 2 rings (SSSR count). The van der Waals surface area contributed by atoms with Crippen molar-refractivity contribution in [3.05, 3.63) is 22.7 Å². The Kier molecular flexibility index (Phi) is 9.30. The van der Waals surface area contributed by atoms with Gasteiger partial charge in [0, 0.05) is 19.2 Å². The molecule has 0 aliphatic carbocycles. The summed E-state index contributed by atoms with van der Waals surface area (Å²) in [6.45, 7) is 0.121. The molecule has 1 aromatic rings. The summed E-state index contributed by atoms with van der Waals surface area (Å²) in [5, 5.41) is 13.0. The van der Waals surface area contributed by atoms with E-state index in [2.05, 4.69) is 23.4 Å². The van der Waals surface area contributed by atoms with Gasteiger partial charge in [0.05, 0.1) is 12.7 Å². The number of aromatic nitrogens is 2. The van der Waals surface area contributed by atoms with Gasteiger partial charge in [0.15, 0.2) is 0 Å². The number of ether oxygens (including phenoxy) is 1. The van der Waals surface area contributed by atoms with Crippen LogP contribution in [0.5, 0.6) is 0 Å². The molecule has 0 aromatic carbocycles. The summed E-state index contributed by atoms with van der Waals surface area (Å²) >= 11 is 0. The lowest BCUT2D eigenvalue weighted by Crippen LogP contribution is -2.28. The molecule has 1 aliphatic heterocycles. The summed E-state index contributed by atoms with van der Waals surface area (Å²) in [7, 11) is -16.6. The number of phosphoric ester groups is 1. The van der Waals surface area contributed by atoms with Gasteiger partial charge < -0.3 is 40.5 Å². The standard InChI is InChI=1S/C12H23N4O13P3/c13-3-1-4-14-10-2-5-16(12(18)15-10)11-6-8(17)9(27-11)7-26-31(22,23)29-32(24,25)28-30(19,20)21/h2,5,8-9,11,17H,1,3-4,6-7,13H2,(H,22,23)(H,24,25)(H,14,15,18)(H2,19,20,21)/t8-,9+,11+/m0/s1. The molecule has 32 heavy (non-hydrogen) atoms. The largest absolute Gasteiger partial charge is 0.490 e. The van der Waals surface area contributed by atoms with Crippen molar-refractivity contribution in [2.75, 3.05) is 25.0 Å². The van der Waals surface area contributed by atoms with E-state index < -0.39 is 54.2 Å². The molecule has 0 bridgehead atoms. The molecule has 17 nitrogen and oxygen atoms in total. The number of nitrogens with zero attached hydrogens (tertiary/aromatic N) is 2. The first-order valence-electron chi connectivity index (χ1n) is 8.86. The van der Waals surface area contributed by atoms with Gasteiger partial charge in [-0.2, -0.15) is 13.6 Å². The maximum Gasteiger partial charge on any atom is 0.490 e. The molecule has 1 aliphatic rings. The number of anilines is 1. The van der Waals surface area contributed by atoms with Crippen LogP contribution in [0.1, 0.15) is 19.1 Å². The van der Waals surface area contributed by atoms with Crippen LogP contribution in [0.2, 0.25) is 0 Å². The second kappa shape index (κ2) is 10.9. The van der Waals surface area contributed by atoms with Gasteiger partial charge >= 0.3 is 29.2 Å². The lowest BCUT2D eigenvalue weighted by molar-refractivity contribution is -0.0449. The van der Waals surface area contributed by atoms with Crippen LogP contribution in [-0.2, 0) is 31.6 Å². The van der Waals surface area contributed by atoms with Crippen molar-refractivity contribution in [2.24, 2.45) is 5.73 Å². The summed E-state index contributed by atoms with van der Waals surface area (Å²) in [6.07, 6.45) is -1.63. The first-order valence-corrected chi connectivity index (χ1v) is 13.4. The predicted molar refractivity (Wildman–Crippen MR) is 105 cm³/mol. The average Bonchev–Trinajstić information content (AvgIpc) is 2.98. The third-order valence-electron chi connectivity index (χ3n) is 3.85. The lowest BCUT2D eigenvalue weighted by atomic mass is 10.2. The average molecular weight is 524 g/mol. The molecule has 8 N–H and O–H groups in total. The number of aliphatic hydroxyl groups excluding tert-OH is 1. The maximum atomic E-state index is 12.2. The van der Waals surface area contributed by atoms with Crippen molar-refractivity contribution >= 4 is 29.3 Å². The third-order valence-corrected chi connectivity index (χ3v) is 7.65. The Labute approximate surface area is 180 Å². The van der Waals surface area contributed by atoms with Crippen LogP contribution in [0, 0.1) is 0 Å². The van der Waals surface area contributed by atoms with E-state index in [0.29, 0.717) is 25.3 Å². The highest BCUT2D eigenvalue weighted by Crippen LogP contribution is 2.66. The van der Waals surface area contributed by atoms with Gasteiger partial charge in [0.1, 0.15) is 18.1 Å². The number of aliphatic hydroxyl groups is 1. The molecule has 20 heteroatoms. The van der Waals surface area contributed by atoms with Gasteiger partial charge in [-0.1, -0.05) is 0 Å². The Bertz CT molecular complexity index is 983. The van der Waals surface area contributed by atoms with Gasteiger partial charge in [-0.15, -0.1) is 0 Å². The highest BCUT2D eigenvalue weighted by atomic mass is 31.3. The van der Waals surface area contributed by atoms with Crippen LogP contribution in [0.4, 0.5) is 5.82 Å². The Morgan fingerprint density at radius 2 is 1.91 bits per heavy atom. The van der Waals surface area contributed by atoms with E-state index in [0.717, 1.165) is 4.57 Å². The minimum absolute atomic E-state index is 0.119. The molecule has 184 valence electrons. The molecular formula is C12H23N4O13P3. The Morgan fingerprint density at radius 1 is 1.22 bits per heavy atom. The number of phosphoric acid groups is 3. The molecule has 1 fully saturated rings. The van der Waals surface area contributed by atoms with Crippen LogP contribution in [0.3, 0.4) is 0 Å². The zero-order valence-corrected chi connectivity index (χ0v) is 18.9. The van der Waals surface area contributed by atoms with Crippen molar-refractivity contribution in [3.63, 3.8) is 0 Å². The molecule has 2 heterocycles. The van der Waals surface area contributed by atoms with Crippen LogP contribution in [-0.4, -0.2) is 66.1 Å². The zero-order valence-electron chi connectivity index (χ0n) is 16.2. The maximum absolute atomic E-state index is 12.2. The van der Waals surface area contributed by atoms with Crippen LogP contribution in [0.25, 0.3) is 0 Å². The molecular weight excluding hydrogens is 501 g/mol. The van der Waals surface area contributed by atoms with E-state index in [9.17, 15) is 28.5 Å². The Balaban J connectivity index is 1.96. The first kappa shape index (κ1) is 27.2. The fourth-order valence-electron chi connectivity index (χ4n) is 2.56. The van der Waals surface area contributed by atoms with E-state index in [4.69, 9.17) is 25.2 Å². The summed E-state index contributed by atoms with van der Waals surface area (Å²) in [5.74, 6) is 0.308. The molecule has 1 saturated heterocycles. The van der Waals surface area contributed by atoms with Crippen molar-refractivity contribution in [2.45, 2.75) is 31.3 Å². The molecule has 0 radical (unpaired) electrons. The smallest absolute Gasteiger partial charge is 0.390 e. The predicted octanol–water partition coefficient (Wildman–Crippen LogP) is -1.00. The van der Waals surface area contributed by atoms with E-state index >= 15 is 0 Å². The van der Waals surface area contributed by atoms with Crippen molar-refractivity contribution < 1.29 is 56.3 Å².